The summed E-state index contributed by atoms with van der Waals surface area (Å²) in [6, 6.07) is 0. The third kappa shape index (κ3) is 2.72. The lowest BCUT2D eigenvalue weighted by Gasteiger charge is -2.03. The zero-order valence-electron chi connectivity index (χ0n) is 9.92. The van der Waals surface area contributed by atoms with E-state index < -0.39 is 0 Å². The highest BCUT2D eigenvalue weighted by Gasteiger charge is 2.25. The van der Waals surface area contributed by atoms with Crippen LogP contribution in [0.1, 0.15) is 34.1 Å². The number of allylic oxidation sites excluding steroid dienone is 2. The quantitative estimate of drug-likeness (QED) is 0.589. The minimum Gasteiger partial charge on any atom is -0.337 e. The lowest BCUT2D eigenvalue weighted by molar-refractivity contribution is -0.123. The van der Waals surface area contributed by atoms with Crippen LogP contribution in [0.5, 0.6) is 0 Å². The predicted octanol–water partition coefficient (Wildman–Crippen LogP) is 2.77. The number of carbonyl (C=O) groups is 1. The van der Waals surface area contributed by atoms with Crippen molar-refractivity contribution in [1.82, 2.24) is 4.90 Å². The minimum absolute atomic E-state index is 0.150. The summed E-state index contributed by atoms with van der Waals surface area (Å²) >= 11 is 0. The molecular weight excluding hydrogens is 174 g/mol. The van der Waals surface area contributed by atoms with E-state index in [0.29, 0.717) is 0 Å². The van der Waals surface area contributed by atoms with Gasteiger partial charge >= 0.3 is 0 Å². The molecule has 1 saturated heterocycles. The van der Waals surface area contributed by atoms with Gasteiger partial charge in [-0.3, -0.25) is 4.79 Å². The Labute approximate surface area is 87.3 Å². The first-order valence-corrected chi connectivity index (χ1v) is 5.31. The Kier molecular flexibility index (Phi) is 5.93. The Morgan fingerprint density at radius 1 is 1.43 bits per heavy atom. The van der Waals surface area contributed by atoms with Crippen LogP contribution in [0.25, 0.3) is 0 Å². The summed E-state index contributed by atoms with van der Waals surface area (Å²) in [6.45, 7) is 8.77. The molecule has 0 aliphatic carbocycles. The maximum Gasteiger partial charge on any atom is 0.253 e. The first-order valence-electron chi connectivity index (χ1n) is 5.31. The largest absolute Gasteiger partial charge is 0.337 e. The van der Waals surface area contributed by atoms with E-state index in [1.165, 1.54) is 5.57 Å². The van der Waals surface area contributed by atoms with Crippen LogP contribution in [-0.4, -0.2) is 24.4 Å². The Morgan fingerprint density at radius 2 is 2.00 bits per heavy atom. The van der Waals surface area contributed by atoms with Gasteiger partial charge in [0.25, 0.3) is 5.91 Å². The smallest absolute Gasteiger partial charge is 0.253 e. The van der Waals surface area contributed by atoms with Crippen LogP contribution in [0.2, 0.25) is 0 Å². The number of hydrogen-bond donors (Lipinski definition) is 0. The number of likely N-dealkylation sites (tertiary alicyclic amines) is 1. The Morgan fingerprint density at radius 3 is 2.43 bits per heavy atom. The highest BCUT2D eigenvalue weighted by atomic mass is 16.2. The van der Waals surface area contributed by atoms with Gasteiger partial charge in [0.15, 0.2) is 0 Å². The van der Waals surface area contributed by atoms with Gasteiger partial charge in [0, 0.05) is 19.2 Å². The van der Waals surface area contributed by atoms with Crippen molar-refractivity contribution in [2.24, 2.45) is 0 Å². The van der Waals surface area contributed by atoms with Crippen molar-refractivity contribution in [3.8, 4) is 0 Å². The molecule has 0 atom stereocenters. The van der Waals surface area contributed by atoms with Crippen LogP contribution in [0.4, 0.5) is 0 Å². The molecule has 0 bridgehead atoms. The number of carbonyl (C=O) groups excluding carboxylic acids is 1. The highest BCUT2D eigenvalue weighted by molar-refractivity contribution is 6.01. The fraction of sp³-hybridized carbons (Fsp3) is 0.583. The Bertz CT molecular complexity index is 251. The van der Waals surface area contributed by atoms with Crippen LogP contribution in [-0.2, 0) is 4.79 Å². The topological polar surface area (TPSA) is 20.3 Å². The summed E-state index contributed by atoms with van der Waals surface area (Å²) in [7, 11) is 1.84. The molecular formula is C12H21NO. The van der Waals surface area contributed by atoms with Crippen molar-refractivity contribution in [1.29, 1.82) is 0 Å². The number of rotatable bonds is 1. The highest BCUT2D eigenvalue weighted by Crippen LogP contribution is 2.21. The predicted molar refractivity (Wildman–Crippen MR) is 61.1 cm³/mol. The van der Waals surface area contributed by atoms with Crippen molar-refractivity contribution >= 4 is 5.91 Å². The fourth-order valence-electron chi connectivity index (χ4n) is 1.49. The summed E-state index contributed by atoms with van der Waals surface area (Å²) < 4.78 is 0. The van der Waals surface area contributed by atoms with Crippen LogP contribution in [0, 0.1) is 0 Å². The number of hydrogen-bond acceptors (Lipinski definition) is 1. The zero-order chi connectivity index (χ0) is 11.1. The summed E-state index contributed by atoms with van der Waals surface area (Å²) in [5.41, 5.74) is 2.05. The van der Waals surface area contributed by atoms with Crippen molar-refractivity contribution in [2.45, 2.75) is 34.1 Å². The van der Waals surface area contributed by atoms with E-state index in [4.69, 9.17) is 0 Å². The van der Waals surface area contributed by atoms with Gasteiger partial charge in [-0.15, -0.1) is 0 Å². The molecule has 80 valence electrons. The van der Waals surface area contributed by atoms with Crippen molar-refractivity contribution in [2.75, 3.05) is 13.6 Å². The molecule has 0 aromatic carbocycles. The van der Waals surface area contributed by atoms with Crippen molar-refractivity contribution in [3.05, 3.63) is 23.3 Å². The first-order chi connectivity index (χ1) is 6.70. The normalized spacial score (nSPS) is 21.5. The van der Waals surface area contributed by atoms with Gasteiger partial charge < -0.3 is 4.90 Å². The molecule has 1 rings (SSSR count). The van der Waals surface area contributed by atoms with Gasteiger partial charge in [-0.2, -0.15) is 0 Å². The van der Waals surface area contributed by atoms with Crippen LogP contribution >= 0.6 is 0 Å². The number of likely N-dealkylation sites (N-methyl/N-ethyl adjacent to an activating group) is 1. The van der Waals surface area contributed by atoms with Gasteiger partial charge in [-0.25, -0.2) is 0 Å². The van der Waals surface area contributed by atoms with Gasteiger partial charge in [0.2, 0.25) is 0 Å². The molecule has 1 aliphatic heterocycles. The minimum atomic E-state index is 0.150. The number of amides is 1. The molecule has 0 radical (unpaired) electrons. The van der Waals surface area contributed by atoms with E-state index in [2.05, 4.69) is 13.0 Å². The average Bonchev–Trinajstić information content (AvgIpc) is 2.46. The average molecular weight is 195 g/mol. The molecule has 1 heterocycles. The van der Waals surface area contributed by atoms with Crippen molar-refractivity contribution < 1.29 is 4.79 Å². The summed E-state index contributed by atoms with van der Waals surface area (Å²) in [5.74, 6) is 0.150. The third-order valence-corrected chi connectivity index (χ3v) is 2.07. The van der Waals surface area contributed by atoms with E-state index >= 15 is 0 Å². The van der Waals surface area contributed by atoms with Crippen LogP contribution < -0.4 is 0 Å². The van der Waals surface area contributed by atoms with E-state index in [9.17, 15) is 4.79 Å². The second kappa shape index (κ2) is 6.41. The third-order valence-electron chi connectivity index (χ3n) is 2.07. The van der Waals surface area contributed by atoms with E-state index in [-0.39, 0.29) is 5.91 Å². The second-order valence-electron chi connectivity index (χ2n) is 3.00. The van der Waals surface area contributed by atoms with Gasteiger partial charge in [-0.05, 0) is 18.9 Å². The molecule has 1 aliphatic rings. The molecule has 0 N–H and O–H groups in total. The van der Waals surface area contributed by atoms with E-state index in [1.54, 1.807) is 4.90 Å². The molecule has 0 aromatic heterocycles. The molecule has 0 spiro atoms. The number of nitrogens with zero attached hydrogens (tertiary/aromatic N) is 1. The lowest BCUT2D eigenvalue weighted by atomic mass is 10.1. The molecule has 0 unspecified atom stereocenters. The van der Waals surface area contributed by atoms with Gasteiger partial charge in [-0.1, -0.05) is 32.9 Å². The molecule has 1 amide bonds. The van der Waals surface area contributed by atoms with Crippen LogP contribution in [0.15, 0.2) is 23.3 Å². The molecule has 0 saturated carbocycles. The second-order valence-corrected chi connectivity index (χ2v) is 3.00. The Hall–Kier alpha value is -1.05. The van der Waals surface area contributed by atoms with Crippen molar-refractivity contribution in [3.63, 3.8) is 0 Å². The maximum absolute atomic E-state index is 11.4. The summed E-state index contributed by atoms with van der Waals surface area (Å²) in [4.78, 5) is 13.2. The molecule has 2 heteroatoms. The van der Waals surface area contributed by atoms with E-state index in [0.717, 1.165) is 18.5 Å². The first kappa shape index (κ1) is 12.9. The monoisotopic (exact) mass is 195 g/mol. The molecule has 14 heavy (non-hydrogen) atoms. The van der Waals surface area contributed by atoms with Gasteiger partial charge in [0.1, 0.15) is 0 Å². The standard InChI is InChI=1S/C10H15NO.C2H6/c1-4-6-8-7-11(3)10(12)9(8)5-2;1-2/h5-6H,4,7H2,1-3H3;1-2H3/b8-6-,9-5+;. The maximum atomic E-state index is 11.4. The lowest BCUT2D eigenvalue weighted by Crippen LogP contribution is -2.18. The van der Waals surface area contributed by atoms with Gasteiger partial charge in [0.05, 0.1) is 0 Å². The van der Waals surface area contributed by atoms with Crippen LogP contribution in [0.3, 0.4) is 0 Å². The SMILES string of the molecule is C/C=C1/C(=O)N(C)C/C1=C/CC.CC. The molecule has 1 fully saturated rings. The zero-order valence-corrected chi connectivity index (χ0v) is 9.92. The Balaban J connectivity index is 0.000000791. The summed E-state index contributed by atoms with van der Waals surface area (Å²) in [5, 5.41) is 0. The fourth-order valence-corrected chi connectivity index (χ4v) is 1.49. The summed E-state index contributed by atoms with van der Waals surface area (Å²) in [6.07, 6.45) is 5.01. The molecule has 2 nitrogen and oxygen atoms in total. The molecule has 0 aromatic rings. The van der Waals surface area contributed by atoms with E-state index in [1.807, 2.05) is 33.9 Å².